The van der Waals surface area contributed by atoms with Crippen LogP contribution in [0.1, 0.15) is 39.7 Å². The summed E-state index contributed by atoms with van der Waals surface area (Å²) in [6.07, 6.45) is -3.94. The number of aliphatic carboxylic acids is 1. The third kappa shape index (κ3) is 5.26. The fourth-order valence-corrected chi connectivity index (χ4v) is 3.55. The van der Waals surface area contributed by atoms with Gasteiger partial charge in [-0.1, -0.05) is 13.8 Å². The summed E-state index contributed by atoms with van der Waals surface area (Å²) in [5, 5.41) is 9.16. The third-order valence-electron chi connectivity index (χ3n) is 3.02. The molecular formula is C15H19F3O2S. The Labute approximate surface area is 126 Å². The lowest BCUT2D eigenvalue weighted by atomic mass is 9.84. The van der Waals surface area contributed by atoms with E-state index in [-0.39, 0.29) is 0 Å². The van der Waals surface area contributed by atoms with Crippen molar-refractivity contribution in [3.63, 3.8) is 0 Å². The predicted molar refractivity (Wildman–Crippen MR) is 77.4 cm³/mol. The number of carbonyl (C=O) groups is 1. The molecule has 0 unspecified atom stereocenters. The van der Waals surface area contributed by atoms with Crippen LogP contribution in [-0.2, 0) is 11.0 Å². The first-order chi connectivity index (χ1) is 9.33. The Bertz CT molecular complexity index is 505. The van der Waals surface area contributed by atoms with Gasteiger partial charge in [0.1, 0.15) is 0 Å². The summed E-state index contributed by atoms with van der Waals surface area (Å²) < 4.78 is 37.1. The van der Waals surface area contributed by atoms with E-state index in [0.717, 1.165) is 12.1 Å². The zero-order valence-corrected chi connectivity index (χ0v) is 13.2. The van der Waals surface area contributed by atoms with E-state index in [1.165, 1.54) is 23.9 Å². The van der Waals surface area contributed by atoms with Crippen molar-refractivity contribution in [2.24, 2.45) is 5.41 Å². The second-order valence-electron chi connectivity index (χ2n) is 6.25. The number of carboxylic acids is 1. The van der Waals surface area contributed by atoms with Gasteiger partial charge in [0.2, 0.25) is 0 Å². The van der Waals surface area contributed by atoms with Gasteiger partial charge in [0.25, 0.3) is 0 Å². The Morgan fingerprint density at radius 2 is 1.57 bits per heavy atom. The van der Waals surface area contributed by atoms with Crippen molar-refractivity contribution in [3.8, 4) is 0 Å². The molecule has 0 radical (unpaired) electrons. The lowest BCUT2D eigenvalue weighted by molar-refractivity contribution is -0.147. The van der Waals surface area contributed by atoms with Crippen molar-refractivity contribution in [3.05, 3.63) is 29.8 Å². The molecule has 118 valence electrons. The molecule has 0 aliphatic heterocycles. The van der Waals surface area contributed by atoms with Gasteiger partial charge in [-0.3, -0.25) is 4.79 Å². The highest BCUT2D eigenvalue weighted by atomic mass is 32.2. The quantitative estimate of drug-likeness (QED) is 0.769. The largest absolute Gasteiger partial charge is 0.481 e. The first-order valence-corrected chi connectivity index (χ1v) is 7.25. The van der Waals surface area contributed by atoms with Gasteiger partial charge in [-0.05, 0) is 44.5 Å². The molecule has 0 saturated carbocycles. The number of benzene rings is 1. The molecule has 0 aliphatic carbocycles. The highest BCUT2D eigenvalue weighted by molar-refractivity contribution is 8.00. The van der Waals surface area contributed by atoms with Gasteiger partial charge in [0, 0.05) is 9.64 Å². The molecule has 1 N–H and O–H groups in total. The monoisotopic (exact) mass is 320 g/mol. The Morgan fingerprint density at radius 3 is 1.95 bits per heavy atom. The summed E-state index contributed by atoms with van der Waals surface area (Å²) in [6, 6.07) is 4.92. The number of carboxylic acid groups (broad SMARTS) is 1. The van der Waals surface area contributed by atoms with E-state index >= 15 is 0 Å². The van der Waals surface area contributed by atoms with Crippen molar-refractivity contribution in [2.45, 2.75) is 49.9 Å². The number of hydrogen-bond acceptors (Lipinski definition) is 2. The van der Waals surface area contributed by atoms with Crippen LogP contribution in [0.4, 0.5) is 13.2 Å². The van der Waals surface area contributed by atoms with Crippen LogP contribution in [0.15, 0.2) is 29.2 Å². The molecule has 0 fully saturated rings. The number of alkyl halides is 3. The van der Waals surface area contributed by atoms with E-state index in [0.29, 0.717) is 11.3 Å². The molecule has 0 aromatic heterocycles. The molecule has 1 rings (SSSR count). The Kier molecular flexibility index (Phi) is 5.03. The van der Waals surface area contributed by atoms with Gasteiger partial charge >= 0.3 is 12.1 Å². The fourth-order valence-electron chi connectivity index (χ4n) is 2.21. The van der Waals surface area contributed by atoms with Crippen LogP contribution in [0.3, 0.4) is 0 Å². The second kappa shape index (κ2) is 5.91. The summed E-state index contributed by atoms with van der Waals surface area (Å²) >= 11 is 1.38. The predicted octanol–water partition coefficient (Wildman–Crippen LogP) is 5.08. The highest BCUT2D eigenvalue weighted by Crippen LogP contribution is 2.41. The standard InChI is InChI=1S/C15H19F3O2S/c1-13(2,12(19)20)9-14(3,4)21-11-7-5-10(6-8-11)15(16,17)18/h5-8H,9H2,1-4H3,(H,19,20). The summed E-state index contributed by atoms with van der Waals surface area (Å²) in [7, 11) is 0. The summed E-state index contributed by atoms with van der Waals surface area (Å²) in [4.78, 5) is 11.9. The first kappa shape index (κ1) is 17.9. The molecule has 0 amide bonds. The first-order valence-electron chi connectivity index (χ1n) is 6.43. The van der Waals surface area contributed by atoms with Gasteiger partial charge in [0.15, 0.2) is 0 Å². The molecule has 6 heteroatoms. The minimum Gasteiger partial charge on any atom is -0.481 e. The van der Waals surface area contributed by atoms with E-state index < -0.39 is 27.9 Å². The minimum atomic E-state index is -4.34. The molecule has 0 atom stereocenters. The third-order valence-corrected chi connectivity index (χ3v) is 4.23. The molecule has 2 nitrogen and oxygen atoms in total. The molecule has 1 aromatic rings. The number of rotatable bonds is 5. The molecule has 21 heavy (non-hydrogen) atoms. The van der Waals surface area contributed by atoms with E-state index in [2.05, 4.69) is 0 Å². The Morgan fingerprint density at radius 1 is 1.10 bits per heavy atom. The zero-order valence-electron chi connectivity index (χ0n) is 12.4. The number of halogens is 3. The van der Waals surface area contributed by atoms with Crippen molar-refractivity contribution < 1.29 is 23.1 Å². The summed E-state index contributed by atoms with van der Waals surface area (Å²) in [5.41, 5.74) is -1.57. The molecular weight excluding hydrogens is 301 g/mol. The zero-order chi connectivity index (χ0) is 16.5. The van der Waals surface area contributed by atoms with Crippen molar-refractivity contribution in [2.75, 3.05) is 0 Å². The van der Waals surface area contributed by atoms with E-state index in [4.69, 9.17) is 5.11 Å². The second-order valence-corrected chi connectivity index (χ2v) is 8.03. The average Bonchev–Trinajstić information content (AvgIpc) is 2.25. The number of thioether (sulfide) groups is 1. The average molecular weight is 320 g/mol. The van der Waals surface area contributed by atoms with Gasteiger partial charge < -0.3 is 5.11 Å². The van der Waals surface area contributed by atoms with Crippen LogP contribution < -0.4 is 0 Å². The van der Waals surface area contributed by atoms with Crippen molar-refractivity contribution >= 4 is 17.7 Å². The maximum absolute atomic E-state index is 12.5. The van der Waals surface area contributed by atoms with Gasteiger partial charge in [-0.2, -0.15) is 13.2 Å². The van der Waals surface area contributed by atoms with Crippen molar-refractivity contribution in [1.82, 2.24) is 0 Å². The Hall–Kier alpha value is -1.17. The van der Waals surface area contributed by atoms with E-state index in [9.17, 15) is 18.0 Å². The minimum absolute atomic E-state index is 0.401. The van der Waals surface area contributed by atoms with Gasteiger partial charge in [-0.15, -0.1) is 11.8 Å². The molecule has 1 aromatic carbocycles. The number of hydrogen-bond donors (Lipinski definition) is 1. The molecule has 0 saturated heterocycles. The van der Waals surface area contributed by atoms with Gasteiger partial charge in [0.05, 0.1) is 11.0 Å². The lowest BCUT2D eigenvalue weighted by Gasteiger charge is -2.31. The van der Waals surface area contributed by atoms with E-state index in [1.807, 2.05) is 13.8 Å². The molecule has 0 heterocycles. The maximum atomic E-state index is 12.5. The summed E-state index contributed by atoms with van der Waals surface area (Å²) in [6.45, 7) is 7.06. The van der Waals surface area contributed by atoms with Gasteiger partial charge in [-0.25, -0.2) is 0 Å². The van der Waals surface area contributed by atoms with Crippen LogP contribution in [0.5, 0.6) is 0 Å². The van der Waals surface area contributed by atoms with E-state index in [1.54, 1.807) is 13.8 Å². The summed E-state index contributed by atoms with van der Waals surface area (Å²) in [5.74, 6) is -0.886. The Balaban J connectivity index is 2.82. The molecule has 0 aliphatic rings. The lowest BCUT2D eigenvalue weighted by Crippen LogP contribution is -2.32. The van der Waals surface area contributed by atoms with Crippen LogP contribution in [0.25, 0.3) is 0 Å². The fraction of sp³-hybridized carbons (Fsp3) is 0.533. The highest BCUT2D eigenvalue weighted by Gasteiger charge is 2.35. The smallest absolute Gasteiger partial charge is 0.416 e. The SMILES string of the molecule is CC(C)(CC(C)(C)C(=O)O)Sc1ccc(C(F)(F)F)cc1. The van der Waals surface area contributed by atoms with Crippen LogP contribution in [0, 0.1) is 5.41 Å². The molecule has 0 bridgehead atoms. The van der Waals surface area contributed by atoms with Crippen LogP contribution in [0.2, 0.25) is 0 Å². The molecule has 0 spiro atoms. The normalized spacial score (nSPS) is 13.3. The van der Waals surface area contributed by atoms with Crippen molar-refractivity contribution in [1.29, 1.82) is 0 Å². The maximum Gasteiger partial charge on any atom is 0.416 e. The van der Waals surface area contributed by atoms with Crippen LogP contribution in [-0.4, -0.2) is 15.8 Å². The topological polar surface area (TPSA) is 37.3 Å². The van der Waals surface area contributed by atoms with Crippen LogP contribution >= 0.6 is 11.8 Å².